The number of fused-ring (bicyclic) bond motifs is 1. The standard InChI is InChI=1S/C23H34N2O3S/c26-23(17-6-8-18(9-7-17)28-15-19-3-2-14-27-19)25-12-10-16(11-13-25)22-24-20-4-1-5-21(20)29-22/h16-19H,1-15H2. The fraction of sp³-hybridized carbons (Fsp3) is 0.826. The van der Waals surface area contributed by atoms with E-state index >= 15 is 0 Å². The zero-order valence-electron chi connectivity index (χ0n) is 17.4. The first-order chi connectivity index (χ1) is 14.3. The first-order valence-corrected chi connectivity index (χ1v) is 12.6. The van der Waals surface area contributed by atoms with E-state index in [2.05, 4.69) is 4.90 Å². The second kappa shape index (κ2) is 9.03. The van der Waals surface area contributed by atoms with Gasteiger partial charge in [-0.3, -0.25) is 4.79 Å². The number of likely N-dealkylation sites (tertiary alicyclic amines) is 1. The average molecular weight is 419 g/mol. The maximum absolute atomic E-state index is 13.0. The van der Waals surface area contributed by atoms with Crippen molar-refractivity contribution >= 4 is 17.2 Å². The molecule has 4 aliphatic rings. The fourth-order valence-corrected chi connectivity index (χ4v) is 6.81. The number of thiazole rings is 1. The minimum absolute atomic E-state index is 0.206. The number of hydrogen-bond acceptors (Lipinski definition) is 5. The van der Waals surface area contributed by atoms with Crippen LogP contribution in [-0.4, -0.2) is 54.3 Å². The molecule has 3 heterocycles. The molecule has 1 aromatic heterocycles. The Bertz CT molecular complexity index is 677. The molecule has 0 aromatic carbocycles. The number of carbonyl (C=O) groups excluding carboxylic acids is 1. The lowest BCUT2D eigenvalue weighted by Gasteiger charge is -2.36. The summed E-state index contributed by atoms with van der Waals surface area (Å²) in [6.45, 7) is 3.43. The van der Waals surface area contributed by atoms with Crippen LogP contribution in [0.25, 0.3) is 0 Å². The normalized spacial score (nSPS) is 30.6. The number of carbonyl (C=O) groups is 1. The maximum Gasteiger partial charge on any atom is 0.225 e. The molecule has 5 nitrogen and oxygen atoms in total. The molecule has 0 bridgehead atoms. The number of nitrogens with zero attached hydrogens (tertiary/aromatic N) is 2. The van der Waals surface area contributed by atoms with Gasteiger partial charge in [0.15, 0.2) is 0 Å². The monoisotopic (exact) mass is 418 g/mol. The van der Waals surface area contributed by atoms with Crippen molar-refractivity contribution in [1.29, 1.82) is 0 Å². The molecule has 1 atom stereocenters. The summed E-state index contributed by atoms with van der Waals surface area (Å²) in [6, 6.07) is 0. The Morgan fingerprint density at radius 1 is 1.07 bits per heavy atom. The van der Waals surface area contributed by atoms with E-state index in [1.54, 1.807) is 0 Å². The van der Waals surface area contributed by atoms with Crippen LogP contribution in [0.2, 0.25) is 0 Å². The Kier molecular flexibility index (Phi) is 6.21. The van der Waals surface area contributed by atoms with Crippen molar-refractivity contribution < 1.29 is 14.3 Å². The number of rotatable bonds is 5. The number of aryl methyl sites for hydroxylation is 2. The predicted octanol–water partition coefficient (Wildman–Crippen LogP) is 4.09. The molecule has 2 aliphatic heterocycles. The third-order valence-corrected chi connectivity index (χ3v) is 8.65. The second-order valence-electron chi connectivity index (χ2n) is 9.32. The minimum atomic E-state index is 0.206. The van der Waals surface area contributed by atoms with Crippen LogP contribution in [0, 0.1) is 5.92 Å². The Hall–Kier alpha value is -0.980. The summed E-state index contributed by atoms with van der Waals surface area (Å²) >= 11 is 1.94. The van der Waals surface area contributed by atoms with Crippen LogP contribution in [0.5, 0.6) is 0 Å². The molecule has 3 fully saturated rings. The van der Waals surface area contributed by atoms with Crippen molar-refractivity contribution in [3.63, 3.8) is 0 Å². The molecule has 1 unspecified atom stereocenters. The summed E-state index contributed by atoms with van der Waals surface area (Å²) in [5.41, 5.74) is 1.36. The van der Waals surface area contributed by atoms with E-state index in [4.69, 9.17) is 14.5 Å². The van der Waals surface area contributed by atoms with E-state index in [1.165, 1.54) is 34.8 Å². The second-order valence-corrected chi connectivity index (χ2v) is 10.4. The van der Waals surface area contributed by atoms with Crippen LogP contribution in [0.15, 0.2) is 0 Å². The van der Waals surface area contributed by atoms with Gasteiger partial charge in [-0.05, 0) is 70.6 Å². The van der Waals surface area contributed by atoms with Crippen molar-refractivity contribution in [2.45, 2.75) is 88.8 Å². The largest absolute Gasteiger partial charge is 0.376 e. The molecule has 2 saturated heterocycles. The van der Waals surface area contributed by atoms with Gasteiger partial charge in [-0.25, -0.2) is 4.98 Å². The molecule has 0 N–H and O–H groups in total. The lowest BCUT2D eigenvalue weighted by molar-refractivity contribution is -0.139. The van der Waals surface area contributed by atoms with E-state index in [0.717, 1.165) is 77.7 Å². The highest BCUT2D eigenvalue weighted by atomic mass is 32.1. The molecule has 5 rings (SSSR count). The molecular weight excluding hydrogens is 384 g/mol. The lowest BCUT2D eigenvalue weighted by atomic mass is 9.85. The highest BCUT2D eigenvalue weighted by Crippen LogP contribution is 2.37. The van der Waals surface area contributed by atoms with Gasteiger partial charge in [-0.2, -0.15) is 0 Å². The Balaban J connectivity index is 1.05. The number of aromatic nitrogens is 1. The van der Waals surface area contributed by atoms with Gasteiger partial charge in [-0.1, -0.05) is 0 Å². The first kappa shape index (κ1) is 20.0. The first-order valence-electron chi connectivity index (χ1n) is 11.8. The summed E-state index contributed by atoms with van der Waals surface area (Å²) in [4.78, 5) is 21.6. The Labute approximate surface area is 178 Å². The van der Waals surface area contributed by atoms with Crippen molar-refractivity contribution in [1.82, 2.24) is 9.88 Å². The summed E-state index contributed by atoms with van der Waals surface area (Å²) in [5.74, 6) is 1.16. The van der Waals surface area contributed by atoms with Crippen molar-refractivity contribution in [3.05, 3.63) is 15.6 Å². The van der Waals surface area contributed by atoms with Gasteiger partial charge >= 0.3 is 0 Å². The topological polar surface area (TPSA) is 51.7 Å². The third kappa shape index (κ3) is 4.54. The van der Waals surface area contributed by atoms with Crippen LogP contribution in [-0.2, 0) is 27.1 Å². The number of amides is 1. The predicted molar refractivity (Wildman–Crippen MR) is 113 cm³/mol. The molecule has 0 spiro atoms. The maximum atomic E-state index is 13.0. The van der Waals surface area contributed by atoms with E-state index in [9.17, 15) is 4.79 Å². The summed E-state index contributed by atoms with van der Waals surface area (Å²) < 4.78 is 11.7. The summed E-state index contributed by atoms with van der Waals surface area (Å²) in [7, 11) is 0. The third-order valence-electron chi connectivity index (χ3n) is 7.33. The minimum Gasteiger partial charge on any atom is -0.376 e. The molecule has 1 amide bonds. The molecule has 1 saturated carbocycles. The van der Waals surface area contributed by atoms with Crippen molar-refractivity contribution in [3.8, 4) is 0 Å². The van der Waals surface area contributed by atoms with Gasteiger partial charge in [0.25, 0.3) is 0 Å². The Morgan fingerprint density at radius 2 is 1.90 bits per heavy atom. The van der Waals surface area contributed by atoms with E-state index < -0.39 is 0 Å². The van der Waals surface area contributed by atoms with Crippen LogP contribution in [0.3, 0.4) is 0 Å². The summed E-state index contributed by atoms with van der Waals surface area (Å²) in [5, 5.41) is 1.34. The smallest absolute Gasteiger partial charge is 0.225 e. The molecular formula is C23H34N2O3S. The van der Waals surface area contributed by atoms with Gasteiger partial charge in [0, 0.05) is 36.4 Å². The summed E-state index contributed by atoms with van der Waals surface area (Å²) in [6.07, 6.45) is 12.8. The average Bonchev–Trinajstić information content (AvgIpc) is 3.50. The van der Waals surface area contributed by atoms with Gasteiger partial charge in [0.1, 0.15) is 0 Å². The number of hydrogen-bond donors (Lipinski definition) is 0. The molecule has 29 heavy (non-hydrogen) atoms. The Morgan fingerprint density at radius 3 is 2.62 bits per heavy atom. The molecule has 1 aromatic rings. The van der Waals surface area contributed by atoms with E-state index in [-0.39, 0.29) is 5.92 Å². The van der Waals surface area contributed by atoms with E-state index in [1.807, 2.05) is 11.3 Å². The molecule has 2 aliphatic carbocycles. The molecule has 0 radical (unpaired) electrons. The van der Waals surface area contributed by atoms with Crippen molar-refractivity contribution in [2.75, 3.05) is 26.3 Å². The van der Waals surface area contributed by atoms with Gasteiger partial charge in [0.2, 0.25) is 5.91 Å². The van der Waals surface area contributed by atoms with E-state index in [0.29, 0.717) is 24.0 Å². The number of ether oxygens (including phenoxy) is 2. The highest BCUT2D eigenvalue weighted by molar-refractivity contribution is 7.11. The van der Waals surface area contributed by atoms with Crippen LogP contribution in [0.1, 0.15) is 79.3 Å². The van der Waals surface area contributed by atoms with Gasteiger partial charge in [0.05, 0.1) is 29.5 Å². The lowest BCUT2D eigenvalue weighted by Crippen LogP contribution is -2.42. The highest BCUT2D eigenvalue weighted by Gasteiger charge is 2.33. The van der Waals surface area contributed by atoms with Crippen molar-refractivity contribution in [2.24, 2.45) is 5.92 Å². The molecule has 6 heteroatoms. The van der Waals surface area contributed by atoms with Crippen LogP contribution >= 0.6 is 11.3 Å². The zero-order chi connectivity index (χ0) is 19.6. The van der Waals surface area contributed by atoms with Gasteiger partial charge in [-0.15, -0.1) is 11.3 Å². The van der Waals surface area contributed by atoms with Crippen LogP contribution in [0.4, 0.5) is 0 Å². The number of piperidine rings is 1. The fourth-order valence-electron chi connectivity index (χ4n) is 5.49. The zero-order valence-corrected chi connectivity index (χ0v) is 18.3. The van der Waals surface area contributed by atoms with Crippen LogP contribution < -0.4 is 0 Å². The molecule has 160 valence electrons. The SMILES string of the molecule is O=C(C1CCC(OCC2CCCO2)CC1)N1CCC(c2nc3c(s2)CCC3)CC1. The van der Waals surface area contributed by atoms with Gasteiger partial charge < -0.3 is 14.4 Å². The quantitative estimate of drug-likeness (QED) is 0.723.